The van der Waals surface area contributed by atoms with Gasteiger partial charge in [0.2, 0.25) is 0 Å². The average molecular weight is 325 g/mol. The lowest BCUT2D eigenvalue weighted by Crippen LogP contribution is -2.05. The molecule has 0 amide bonds. The van der Waals surface area contributed by atoms with Crippen LogP contribution >= 0.6 is 15.9 Å². The molecule has 2 aromatic carbocycles. The summed E-state index contributed by atoms with van der Waals surface area (Å²) in [6.45, 7) is 1.05. The van der Waals surface area contributed by atoms with Crippen LogP contribution in [0.25, 0.3) is 0 Å². The Hall–Kier alpha value is -1.55. The van der Waals surface area contributed by atoms with Gasteiger partial charge >= 0.3 is 0 Å². The van der Waals surface area contributed by atoms with Crippen LogP contribution in [0.4, 0.5) is 4.39 Å². The normalized spacial score (nSPS) is 10.2. The third-order valence-electron chi connectivity index (χ3n) is 2.45. The molecule has 4 heteroatoms. The first kappa shape index (κ1) is 13.9. The molecule has 0 bridgehead atoms. The van der Waals surface area contributed by atoms with Gasteiger partial charge in [-0.15, -0.1) is 0 Å². The topological polar surface area (TPSA) is 18.5 Å². The fourth-order valence-electron chi connectivity index (χ4n) is 1.54. The van der Waals surface area contributed by atoms with E-state index in [1.807, 2.05) is 30.3 Å². The number of ether oxygens (including phenoxy) is 2. The molecule has 19 heavy (non-hydrogen) atoms. The molecule has 0 heterocycles. The zero-order valence-electron chi connectivity index (χ0n) is 10.3. The summed E-state index contributed by atoms with van der Waals surface area (Å²) < 4.78 is 24.8. The van der Waals surface area contributed by atoms with Crippen LogP contribution in [0.3, 0.4) is 0 Å². The zero-order chi connectivity index (χ0) is 13.5. The molecule has 0 aliphatic carbocycles. The van der Waals surface area contributed by atoms with Crippen molar-refractivity contribution < 1.29 is 13.9 Å². The summed E-state index contributed by atoms with van der Waals surface area (Å²) in [6, 6.07) is 14.0. The molecule has 2 nitrogen and oxygen atoms in total. The Balaban J connectivity index is 1.71. The van der Waals surface area contributed by atoms with Crippen LogP contribution in [0.5, 0.6) is 11.5 Å². The van der Waals surface area contributed by atoms with Gasteiger partial charge in [0.15, 0.2) is 0 Å². The molecule has 0 aliphatic rings. The van der Waals surface area contributed by atoms with Gasteiger partial charge in [0, 0.05) is 12.5 Å². The van der Waals surface area contributed by atoms with Crippen molar-refractivity contribution in [2.45, 2.75) is 6.42 Å². The zero-order valence-corrected chi connectivity index (χ0v) is 11.9. The molecule has 0 radical (unpaired) electrons. The quantitative estimate of drug-likeness (QED) is 0.731. The van der Waals surface area contributed by atoms with Gasteiger partial charge in [-0.25, -0.2) is 4.39 Å². The molecule has 0 fully saturated rings. The second-order valence-corrected chi connectivity index (χ2v) is 4.79. The highest BCUT2D eigenvalue weighted by Gasteiger charge is 2.02. The predicted octanol–water partition coefficient (Wildman–Crippen LogP) is 4.44. The molecule has 2 aromatic rings. The number of halogens is 2. The number of hydrogen-bond donors (Lipinski definition) is 0. The second-order valence-electron chi connectivity index (χ2n) is 3.94. The van der Waals surface area contributed by atoms with Gasteiger partial charge in [0.25, 0.3) is 0 Å². The van der Waals surface area contributed by atoms with Gasteiger partial charge in [-0.1, -0.05) is 18.2 Å². The van der Waals surface area contributed by atoms with Crippen molar-refractivity contribution >= 4 is 15.9 Å². The van der Waals surface area contributed by atoms with E-state index in [2.05, 4.69) is 15.9 Å². The van der Waals surface area contributed by atoms with Gasteiger partial charge < -0.3 is 9.47 Å². The highest BCUT2D eigenvalue weighted by Crippen LogP contribution is 2.25. The number of rotatable bonds is 6. The molecular weight excluding hydrogens is 311 g/mol. The third kappa shape index (κ3) is 4.56. The molecule has 0 spiro atoms. The van der Waals surface area contributed by atoms with E-state index < -0.39 is 0 Å². The maximum absolute atomic E-state index is 13.0. The third-order valence-corrected chi connectivity index (χ3v) is 3.11. The molecule has 0 unspecified atom stereocenters. The molecule has 0 saturated heterocycles. The number of hydrogen-bond acceptors (Lipinski definition) is 2. The van der Waals surface area contributed by atoms with Crippen molar-refractivity contribution in [3.05, 3.63) is 58.8 Å². The van der Waals surface area contributed by atoms with Crippen LogP contribution in [-0.2, 0) is 0 Å². The van der Waals surface area contributed by atoms with E-state index in [4.69, 9.17) is 9.47 Å². The van der Waals surface area contributed by atoms with Gasteiger partial charge in [0.1, 0.15) is 17.3 Å². The highest BCUT2D eigenvalue weighted by molar-refractivity contribution is 9.10. The van der Waals surface area contributed by atoms with E-state index in [9.17, 15) is 4.39 Å². The summed E-state index contributed by atoms with van der Waals surface area (Å²) in [7, 11) is 0. The molecule has 2 rings (SSSR count). The fraction of sp³-hybridized carbons (Fsp3) is 0.200. The first-order valence-electron chi connectivity index (χ1n) is 6.01. The van der Waals surface area contributed by atoms with Crippen LogP contribution < -0.4 is 9.47 Å². The molecule has 0 saturated carbocycles. The van der Waals surface area contributed by atoms with Crippen LogP contribution in [-0.4, -0.2) is 13.2 Å². The number of para-hydroxylation sites is 1. The van der Waals surface area contributed by atoms with Gasteiger partial charge in [-0.05, 0) is 40.2 Å². The summed E-state index contributed by atoms with van der Waals surface area (Å²) >= 11 is 3.31. The summed E-state index contributed by atoms with van der Waals surface area (Å²) in [5, 5.41) is 0. The lowest BCUT2D eigenvalue weighted by Gasteiger charge is -2.09. The standard InChI is InChI=1S/C15H14BrFO2/c16-14-8-7-12(17)11-15(14)19-10-4-9-18-13-5-2-1-3-6-13/h1-3,5-8,11H,4,9-10H2. The largest absolute Gasteiger partial charge is 0.493 e. The van der Waals surface area contributed by atoms with Crippen molar-refractivity contribution in [3.63, 3.8) is 0 Å². The molecule has 0 aliphatic heterocycles. The van der Waals surface area contributed by atoms with Crippen molar-refractivity contribution in [1.29, 1.82) is 0 Å². The molecule has 0 aromatic heterocycles. The first-order valence-corrected chi connectivity index (χ1v) is 6.81. The molecule has 0 atom stereocenters. The molecule has 0 N–H and O–H groups in total. The highest BCUT2D eigenvalue weighted by atomic mass is 79.9. The lowest BCUT2D eigenvalue weighted by atomic mass is 10.3. The Labute approximate surface area is 120 Å². The Kier molecular flexibility index (Phi) is 5.21. The fourth-order valence-corrected chi connectivity index (χ4v) is 1.90. The van der Waals surface area contributed by atoms with Crippen LogP contribution in [0.1, 0.15) is 6.42 Å². The van der Waals surface area contributed by atoms with Crippen molar-refractivity contribution in [1.82, 2.24) is 0 Å². The minimum atomic E-state index is -0.307. The van der Waals surface area contributed by atoms with Crippen molar-refractivity contribution in [3.8, 4) is 11.5 Å². The Morgan fingerprint density at radius 2 is 1.68 bits per heavy atom. The summed E-state index contributed by atoms with van der Waals surface area (Å²) in [6.07, 6.45) is 0.734. The smallest absolute Gasteiger partial charge is 0.136 e. The molecule has 100 valence electrons. The summed E-state index contributed by atoms with van der Waals surface area (Å²) in [5.41, 5.74) is 0. The Morgan fingerprint density at radius 1 is 0.947 bits per heavy atom. The van der Waals surface area contributed by atoms with Gasteiger partial charge in [-0.2, -0.15) is 0 Å². The van der Waals surface area contributed by atoms with E-state index in [1.165, 1.54) is 12.1 Å². The van der Waals surface area contributed by atoms with E-state index >= 15 is 0 Å². The maximum Gasteiger partial charge on any atom is 0.136 e. The maximum atomic E-state index is 13.0. The summed E-state index contributed by atoms with van der Waals surface area (Å²) in [5.74, 6) is 1.05. The van der Waals surface area contributed by atoms with Crippen molar-refractivity contribution in [2.75, 3.05) is 13.2 Å². The molecular formula is C15H14BrFO2. The van der Waals surface area contributed by atoms with Crippen LogP contribution in [0.2, 0.25) is 0 Å². The van der Waals surface area contributed by atoms with E-state index in [1.54, 1.807) is 6.07 Å². The van der Waals surface area contributed by atoms with Crippen molar-refractivity contribution in [2.24, 2.45) is 0 Å². The second kappa shape index (κ2) is 7.14. The monoisotopic (exact) mass is 324 g/mol. The Morgan fingerprint density at radius 3 is 2.47 bits per heavy atom. The minimum Gasteiger partial charge on any atom is -0.493 e. The van der Waals surface area contributed by atoms with E-state index in [0.29, 0.717) is 19.0 Å². The first-order chi connectivity index (χ1) is 9.25. The minimum absolute atomic E-state index is 0.307. The predicted molar refractivity (Wildman–Crippen MR) is 76.1 cm³/mol. The average Bonchev–Trinajstić information content (AvgIpc) is 2.43. The SMILES string of the molecule is Fc1ccc(Br)c(OCCCOc2ccccc2)c1. The van der Waals surface area contributed by atoms with Crippen LogP contribution in [0, 0.1) is 5.82 Å². The number of benzene rings is 2. The summed E-state index contributed by atoms with van der Waals surface area (Å²) in [4.78, 5) is 0. The lowest BCUT2D eigenvalue weighted by molar-refractivity contribution is 0.246. The van der Waals surface area contributed by atoms with E-state index in [-0.39, 0.29) is 5.82 Å². The van der Waals surface area contributed by atoms with E-state index in [0.717, 1.165) is 16.6 Å². The van der Waals surface area contributed by atoms with Crippen LogP contribution in [0.15, 0.2) is 53.0 Å². The van der Waals surface area contributed by atoms with Gasteiger partial charge in [-0.3, -0.25) is 0 Å². The van der Waals surface area contributed by atoms with Gasteiger partial charge in [0.05, 0.1) is 17.7 Å². The Bertz CT molecular complexity index is 517.